The number of carbonyl (C=O) groups excluding carboxylic acids is 1. The fourth-order valence-electron chi connectivity index (χ4n) is 6.06. The molecule has 0 radical (unpaired) electrons. The van der Waals surface area contributed by atoms with Gasteiger partial charge in [-0.15, -0.1) is 11.3 Å². The number of hydrogen-bond acceptors (Lipinski definition) is 7. The Morgan fingerprint density at radius 2 is 1.77 bits per heavy atom. The van der Waals surface area contributed by atoms with Crippen LogP contribution in [0.25, 0.3) is 21.6 Å². The van der Waals surface area contributed by atoms with E-state index in [4.69, 9.17) is 0 Å². The zero-order chi connectivity index (χ0) is 29.3. The summed E-state index contributed by atoms with van der Waals surface area (Å²) in [5.41, 5.74) is 9.92. The normalized spacial score (nSPS) is 14.6. The number of aryl methyl sites for hydroxylation is 1. The highest BCUT2D eigenvalue weighted by Gasteiger charge is 2.30. The Labute approximate surface area is 255 Å². The van der Waals surface area contributed by atoms with Crippen LogP contribution >= 0.6 is 11.3 Å². The molecular weight excluding hydrogens is 552 g/mol. The van der Waals surface area contributed by atoms with Gasteiger partial charge >= 0.3 is 0 Å². The van der Waals surface area contributed by atoms with E-state index in [0.29, 0.717) is 18.5 Å². The van der Waals surface area contributed by atoms with Crippen molar-refractivity contribution in [3.05, 3.63) is 118 Å². The summed E-state index contributed by atoms with van der Waals surface area (Å²) in [4.78, 5) is 29.1. The predicted molar refractivity (Wildman–Crippen MR) is 172 cm³/mol. The quantitative estimate of drug-likeness (QED) is 0.265. The first-order valence-electron chi connectivity index (χ1n) is 14.5. The van der Waals surface area contributed by atoms with Crippen LogP contribution in [-0.2, 0) is 13.0 Å². The Kier molecular flexibility index (Phi) is 7.19. The molecule has 1 amide bonds. The summed E-state index contributed by atoms with van der Waals surface area (Å²) in [5, 5.41) is 12.9. The standard InChI is InChI=1S/C35H30N6OS/c1-23-14-24(6-7-25(23)18-36)33-17-28-15-27-16-30(40-12-10-37-11-13-40)8-9-32(27)41(35(42)34(28)43-33)21-26-4-2-3-5-31(26)29-19-38-22-39-20-29/h2-9,14,16-17,19-20,22,37H,10-13,15,21H2,1H3. The van der Waals surface area contributed by atoms with E-state index in [0.717, 1.165) is 80.6 Å². The van der Waals surface area contributed by atoms with Crippen molar-refractivity contribution < 1.29 is 4.79 Å². The van der Waals surface area contributed by atoms with Crippen LogP contribution in [0.15, 0.2) is 85.5 Å². The van der Waals surface area contributed by atoms with Crippen molar-refractivity contribution in [1.29, 1.82) is 5.26 Å². The summed E-state index contributed by atoms with van der Waals surface area (Å²) in [5.74, 6) is 0.00408. The molecule has 4 heterocycles. The van der Waals surface area contributed by atoms with E-state index < -0.39 is 0 Å². The molecule has 212 valence electrons. The Morgan fingerprint density at radius 3 is 2.56 bits per heavy atom. The highest BCUT2D eigenvalue weighted by Crippen LogP contribution is 2.41. The smallest absolute Gasteiger partial charge is 0.268 e. The molecule has 2 aliphatic rings. The first-order chi connectivity index (χ1) is 21.1. The SMILES string of the molecule is Cc1cc(-c2cc3c(s2)C(=O)N(Cc2ccccc2-c2cncnc2)c2ccc(N4CCNCC4)cc2C3)ccc1C#N. The molecule has 3 aromatic carbocycles. The van der Waals surface area contributed by atoms with Gasteiger partial charge in [0.15, 0.2) is 0 Å². The number of anilines is 2. The van der Waals surface area contributed by atoms with Crippen LogP contribution in [0.5, 0.6) is 0 Å². The number of amides is 1. The molecular formula is C35H30N6OS. The molecule has 2 aliphatic heterocycles. The summed E-state index contributed by atoms with van der Waals surface area (Å²) in [7, 11) is 0. The highest BCUT2D eigenvalue weighted by atomic mass is 32.1. The van der Waals surface area contributed by atoms with Crippen LogP contribution in [0, 0.1) is 18.3 Å². The second-order valence-electron chi connectivity index (χ2n) is 11.0. The minimum Gasteiger partial charge on any atom is -0.369 e. The average Bonchev–Trinajstić information content (AvgIpc) is 3.44. The number of hydrogen-bond donors (Lipinski definition) is 1. The van der Waals surface area contributed by atoms with Crippen molar-refractivity contribution >= 4 is 28.6 Å². The third-order valence-corrected chi connectivity index (χ3v) is 9.53. The largest absolute Gasteiger partial charge is 0.369 e. The van der Waals surface area contributed by atoms with Crippen molar-refractivity contribution in [2.75, 3.05) is 36.0 Å². The second kappa shape index (κ2) is 11.4. The topological polar surface area (TPSA) is 85.2 Å². The van der Waals surface area contributed by atoms with Gasteiger partial charge in [-0.3, -0.25) is 4.79 Å². The van der Waals surface area contributed by atoms with E-state index in [1.54, 1.807) is 0 Å². The van der Waals surface area contributed by atoms with Crippen LogP contribution in [0.2, 0.25) is 0 Å². The molecule has 0 bridgehead atoms. The second-order valence-corrected chi connectivity index (χ2v) is 12.1. The average molecular weight is 583 g/mol. The maximum absolute atomic E-state index is 14.5. The number of thiophene rings is 1. The summed E-state index contributed by atoms with van der Waals surface area (Å²) in [6.07, 6.45) is 5.83. The van der Waals surface area contributed by atoms with Crippen molar-refractivity contribution in [2.45, 2.75) is 19.9 Å². The number of fused-ring (bicyclic) bond motifs is 2. The van der Waals surface area contributed by atoms with E-state index in [9.17, 15) is 10.1 Å². The number of piperazine rings is 1. The molecule has 2 aromatic heterocycles. The molecule has 43 heavy (non-hydrogen) atoms. The van der Waals surface area contributed by atoms with Gasteiger partial charge in [-0.1, -0.05) is 30.3 Å². The molecule has 1 fully saturated rings. The fourth-order valence-corrected chi connectivity index (χ4v) is 7.19. The summed E-state index contributed by atoms with van der Waals surface area (Å²) < 4.78 is 0. The molecule has 7 nitrogen and oxygen atoms in total. The number of rotatable bonds is 5. The molecule has 0 saturated carbocycles. The molecule has 0 spiro atoms. The Balaban J connectivity index is 1.33. The summed E-state index contributed by atoms with van der Waals surface area (Å²) in [6, 6.07) is 25.0. The zero-order valence-corrected chi connectivity index (χ0v) is 24.7. The van der Waals surface area contributed by atoms with E-state index in [-0.39, 0.29) is 5.91 Å². The molecule has 8 heteroatoms. The van der Waals surface area contributed by atoms with Gasteiger partial charge in [0, 0.05) is 66.8 Å². The molecule has 7 rings (SSSR count). The molecule has 1 N–H and O–H groups in total. The Hall–Kier alpha value is -4.84. The summed E-state index contributed by atoms with van der Waals surface area (Å²) >= 11 is 1.54. The van der Waals surface area contributed by atoms with Crippen molar-refractivity contribution in [3.8, 4) is 27.6 Å². The van der Waals surface area contributed by atoms with Gasteiger partial charge in [0.25, 0.3) is 5.91 Å². The van der Waals surface area contributed by atoms with E-state index in [1.165, 1.54) is 23.4 Å². The van der Waals surface area contributed by atoms with Gasteiger partial charge < -0.3 is 15.1 Å². The number of benzene rings is 3. The first kappa shape index (κ1) is 27.0. The Bertz CT molecular complexity index is 1870. The van der Waals surface area contributed by atoms with Gasteiger partial charge in [0.2, 0.25) is 0 Å². The summed E-state index contributed by atoms with van der Waals surface area (Å²) in [6.45, 7) is 6.22. The highest BCUT2D eigenvalue weighted by molar-refractivity contribution is 7.17. The molecule has 5 aromatic rings. The number of nitriles is 1. The van der Waals surface area contributed by atoms with Gasteiger partial charge in [-0.2, -0.15) is 5.26 Å². The maximum Gasteiger partial charge on any atom is 0.268 e. The third kappa shape index (κ3) is 5.18. The van der Waals surface area contributed by atoms with Gasteiger partial charge in [-0.25, -0.2) is 9.97 Å². The zero-order valence-electron chi connectivity index (χ0n) is 23.9. The lowest BCUT2D eigenvalue weighted by Crippen LogP contribution is -2.43. The molecule has 1 saturated heterocycles. The molecule has 0 aliphatic carbocycles. The van der Waals surface area contributed by atoms with Gasteiger partial charge in [-0.05, 0) is 76.7 Å². The predicted octanol–water partition coefficient (Wildman–Crippen LogP) is 6.21. The van der Waals surface area contributed by atoms with Crippen LogP contribution in [-0.4, -0.2) is 42.1 Å². The number of nitrogens with zero attached hydrogens (tertiary/aromatic N) is 5. The number of nitrogens with one attached hydrogen (secondary N) is 1. The first-order valence-corrected chi connectivity index (χ1v) is 15.3. The maximum atomic E-state index is 14.5. The monoisotopic (exact) mass is 582 g/mol. The number of carbonyl (C=O) groups is 1. The lowest BCUT2D eigenvalue weighted by atomic mass is 10.0. The van der Waals surface area contributed by atoms with Crippen LogP contribution < -0.4 is 15.1 Å². The van der Waals surface area contributed by atoms with Crippen LogP contribution in [0.3, 0.4) is 0 Å². The lowest BCUT2D eigenvalue weighted by molar-refractivity contribution is 0.0989. The van der Waals surface area contributed by atoms with Crippen molar-refractivity contribution in [2.24, 2.45) is 0 Å². The van der Waals surface area contributed by atoms with E-state index in [1.807, 2.05) is 54.5 Å². The van der Waals surface area contributed by atoms with Gasteiger partial charge in [0.05, 0.1) is 23.1 Å². The molecule has 0 unspecified atom stereocenters. The fraction of sp³-hybridized carbons (Fsp3) is 0.200. The molecule has 0 atom stereocenters. The van der Waals surface area contributed by atoms with E-state index >= 15 is 0 Å². The third-order valence-electron chi connectivity index (χ3n) is 8.31. The van der Waals surface area contributed by atoms with Crippen LogP contribution in [0.4, 0.5) is 11.4 Å². The van der Waals surface area contributed by atoms with Crippen molar-refractivity contribution in [1.82, 2.24) is 15.3 Å². The van der Waals surface area contributed by atoms with Gasteiger partial charge in [0.1, 0.15) is 6.33 Å². The van der Waals surface area contributed by atoms with Crippen LogP contribution in [0.1, 0.15) is 37.5 Å². The minimum atomic E-state index is 0.00408. The number of aromatic nitrogens is 2. The van der Waals surface area contributed by atoms with Crippen molar-refractivity contribution in [3.63, 3.8) is 0 Å². The minimum absolute atomic E-state index is 0.00408. The van der Waals surface area contributed by atoms with E-state index in [2.05, 4.69) is 62.7 Å². The lowest BCUT2D eigenvalue weighted by Gasteiger charge is -2.31. The Morgan fingerprint density at radius 1 is 0.953 bits per heavy atom.